The number of rotatable bonds is 6. The normalized spacial score (nSPS) is 21.8. The zero-order valence-electron chi connectivity index (χ0n) is 12.9. The standard InChI is InChI=1S/C14H25N3O2S/c1-5-9-10-14(8-4)17(12(19)7-3)16-13(20-14)15-11(18)6-2/h5-10H2,1-4H3,(H,15,16,18). The summed E-state index contributed by atoms with van der Waals surface area (Å²) in [6.07, 6.45) is 4.66. The molecule has 1 atom stereocenters. The van der Waals surface area contributed by atoms with Gasteiger partial charge in [0.2, 0.25) is 11.8 Å². The second-order valence-corrected chi connectivity index (χ2v) is 6.22. The van der Waals surface area contributed by atoms with Crippen molar-refractivity contribution in [1.82, 2.24) is 10.3 Å². The lowest BCUT2D eigenvalue weighted by Gasteiger charge is -2.34. The lowest BCUT2D eigenvalue weighted by Crippen LogP contribution is -2.43. The van der Waals surface area contributed by atoms with E-state index in [2.05, 4.69) is 24.3 Å². The van der Waals surface area contributed by atoms with Gasteiger partial charge in [-0.05, 0) is 12.8 Å². The van der Waals surface area contributed by atoms with Gasteiger partial charge in [0.15, 0.2) is 5.17 Å². The highest BCUT2D eigenvalue weighted by atomic mass is 32.2. The molecule has 0 saturated heterocycles. The molecule has 6 heteroatoms. The van der Waals surface area contributed by atoms with Crippen LogP contribution in [0.4, 0.5) is 0 Å². The molecule has 0 bridgehead atoms. The topological polar surface area (TPSA) is 61.8 Å². The Balaban J connectivity index is 2.94. The van der Waals surface area contributed by atoms with Crippen molar-refractivity contribution >= 4 is 28.7 Å². The Morgan fingerprint density at radius 2 is 1.95 bits per heavy atom. The minimum absolute atomic E-state index is 0.0104. The van der Waals surface area contributed by atoms with Crippen LogP contribution in [0, 0.1) is 0 Å². The van der Waals surface area contributed by atoms with Gasteiger partial charge in [-0.3, -0.25) is 9.59 Å². The zero-order valence-corrected chi connectivity index (χ0v) is 13.7. The summed E-state index contributed by atoms with van der Waals surface area (Å²) in [5.74, 6) is -0.0567. The SMILES string of the molecule is CCCCC1(CC)SC(NC(=O)CC)=NN1C(=O)CC. The first kappa shape index (κ1) is 17.0. The molecule has 1 unspecified atom stereocenters. The predicted molar refractivity (Wildman–Crippen MR) is 83.1 cm³/mol. The second-order valence-electron chi connectivity index (χ2n) is 4.87. The van der Waals surface area contributed by atoms with E-state index in [0.717, 1.165) is 25.7 Å². The van der Waals surface area contributed by atoms with Crippen LogP contribution in [-0.2, 0) is 9.59 Å². The molecule has 1 aliphatic heterocycles. The zero-order chi connectivity index (χ0) is 15.2. The molecule has 1 aliphatic rings. The Hall–Kier alpha value is -1.04. The number of carbonyl (C=O) groups excluding carboxylic acids is 2. The number of amides is 2. The van der Waals surface area contributed by atoms with Gasteiger partial charge in [0.25, 0.3) is 0 Å². The van der Waals surface area contributed by atoms with Crippen molar-refractivity contribution in [3.63, 3.8) is 0 Å². The average Bonchev–Trinajstić information content (AvgIpc) is 2.83. The summed E-state index contributed by atoms with van der Waals surface area (Å²) >= 11 is 1.52. The second kappa shape index (κ2) is 7.67. The summed E-state index contributed by atoms with van der Waals surface area (Å²) in [5.41, 5.74) is 0. The van der Waals surface area contributed by atoms with Gasteiger partial charge >= 0.3 is 0 Å². The number of amidine groups is 1. The van der Waals surface area contributed by atoms with Crippen LogP contribution in [0.2, 0.25) is 0 Å². The van der Waals surface area contributed by atoms with Gasteiger partial charge in [0.05, 0.1) is 0 Å². The molecule has 0 aromatic carbocycles. The first-order valence-electron chi connectivity index (χ1n) is 7.43. The van der Waals surface area contributed by atoms with Crippen molar-refractivity contribution in [2.24, 2.45) is 5.10 Å². The van der Waals surface area contributed by atoms with Gasteiger partial charge in [-0.15, -0.1) is 5.10 Å². The monoisotopic (exact) mass is 299 g/mol. The maximum atomic E-state index is 12.1. The number of hydrogen-bond acceptors (Lipinski definition) is 4. The molecule has 20 heavy (non-hydrogen) atoms. The van der Waals surface area contributed by atoms with Crippen molar-refractivity contribution in [3.05, 3.63) is 0 Å². The van der Waals surface area contributed by atoms with Crippen LogP contribution in [-0.4, -0.2) is 26.9 Å². The van der Waals surface area contributed by atoms with Crippen molar-refractivity contribution in [2.45, 2.75) is 71.1 Å². The minimum atomic E-state index is -0.334. The van der Waals surface area contributed by atoms with Crippen molar-refractivity contribution in [1.29, 1.82) is 0 Å². The van der Waals surface area contributed by atoms with E-state index in [1.54, 1.807) is 11.9 Å². The molecule has 5 nitrogen and oxygen atoms in total. The predicted octanol–water partition coefficient (Wildman–Crippen LogP) is 3.07. The highest BCUT2D eigenvalue weighted by Gasteiger charge is 2.44. The summed E-state index contributed by atoms with van der Waals surface area (Å²) < 4.78 is 0. The minimum Gasteiger partial charge on any atom is -0.304 e. The Kier molecular flexibility index (Phi) is 6.52. The number of carbonyl (C=O) groups is 2. The molecule has 0 aromatic rings. The van der Waals surface area contributed by atoms with Crippen LogP contribution < -0.4 is 5.32 Å². The molecule has 0 aliphatic carbocycles. The number of hydrogen-bond donors (Lipinski definition) is 1. The molecule has 0 aromatic heterocycles. The number of unbranched alkanes of at least 4 members (excludes halogenated alkanes) is 1. The lowest BCUT2D eigenvalue weighted by atomic mass is 10.1. The maximum absolute atomic E-state index is 12.1. The van der Waals surface area contributed by atoms with E-state index in [1.807, 2.05) is 6.92 Å². The Morgan fingerprint density at radius 3 is 2.45 bits per heavy atom. The highest BCUT2D eigenvalue weighted by Crippen LogP contribution is 2.43. The van der Waals surface area contributed by atoms with Crippen LogP contribution in [0.25, 0.3) is 0 Å². The third-order valence-corrected chi connectivity index (χ3v) is 4.87. The molecule has 1 heterocycles. The van der Waals surface area contributed by atoms with Gasteiger partial charge in [-0.1, -0.05) is 52.3 Å². The van der Waals surface area contributed by atoms with Gasteiger partial charge in [-0.25, -0.2) is 5.01 Å². The van der Waals surface area contributed by atoms with Crippen molar-refractivity contribution in [2.75, 3.05) is 0 Å². The maximum Gasteiger partial charge on any atom is 0.243 e. The first-order valence-corrected chi connectivity index (χ1v) is 8.25. The molecule has 0 spiro atoms. The van der Waals surface area contributed by atoms with Crippen LogP contribution in [0.5, 0.6) is 0 Å². The van der Waals surface area contributed by atoms with Crippen LogP contribution >= 0.6 is 11.8 Å². The summed E-state index contributed by atoms with van der Waals surface area (Å²) in [6, 6.07) is 0. The van der Waals surface area contributed by atoms with Gasteiger partial charge in [0.1, 0.15) is 4.87 Å². The van der Waals surface area contributed by atoms with E-state index in [9.17, 15) is 9.59 Å². The molecule has 1 rings (SSSR count). The Bertz CT molecular complexity index is 398. The van der Waals surface area contributed by atoms with Crippen LogP contribution in [0.1, 0.15) is 66.2 Å². The van der Waals surface area contributed by atoms with E-state index < -0.39 is 0 Å². The number of hydrazone groups is 1. The molecule has 0 saturated carbocycles. The Morgan fingerprint density at radius 1 is 1.25 bits per heavy atom. The lowest BCUT2D eigenvalue weighted by molar-refractivity contribution is -0.134. The highest BCUT2D eigenvalue weighted by molar-refractivity contribution is 8.15. The fourth-order valence-electron chi connectivity index (χ4n) is 2.13. The summed E-state index contributed by atoms with van der Waals surface area (Å²) in [5, 5.41) is 9.29. The molecule has 2 amide bonds. The third kappa shape index (κ3) is 3.75. The van der Waals surface area contributed by atoms with E-state index in [4.69, 9.17) is 0 Å². The van der Waals surface area contributed by atoms with Crippen LogP contribution in [0.15, 0.2) is 5.10 Å². The number of thioether (sulfide) groups is 1. The Labute approximate surface area is 125 Å². The van der Waals surface area contributed by atoms with E-state index in [-0.39, 0.29) is 16.7 Å². The molecule has 0 radical (unpaired) electrons. The summed E-state index contributed by atoms with van der Waals surface area (Å²) in [4.78, 5) is 23.3. The summed E-state index contributed by atoms with van der Waals surface area (Å²) in [7, 11) is 0. The fourth-order valence-corrected chi connectivity index (χ4v) is 3.39. The van der Waals surface area contributed by atoms with Gasteiger partial charge < -0.3 is 5.32 Å². The third-order valence-electron chi connectivity index (χ3n) is 3.44. The molecule has 0 fully saturated rings. The number of nitrogens with zero attached hydrogens (tertiary/aromatic N) is 2. The van der Waals surface area contributed by atoms with E-state index in [1.165, 1.54) is 11.8 Å². The van der Waals surface area contributed by atoms with Crippen molar-refractivity contribution < 1.29 is 9.59 Å². The molecule has 114 valence electrons. The first-order chi connectivity index (χ1) is 9.52. The largest absolute Gasteiger partial charge is 0.304 e. The van der Waals surface area contributed by atoms with Gasteiger partial charge in [-0.2, -0.15) is 0 Å². The van der Waals surface area contributed by atoms with Gasteiger partial charge in [0, 0.05) is 12.8 Å². The smallest absolute Gasteiger partial charge is 0.243 e. The van der Waals surface area contributed by atoms with Crippen molar-refractivity contribution in [3.8, 4) is 0 Å². The average molecular weight is 299 g/mol. The fraction of sp³-hybridized carbons (Fsp3) is 0.786. The molecule has 1 N–H and O–H groups in total. The van der Waals surface area contributed by atoms with Crippen LogP contribution in [0.3, 0.4) is 0 Å². The quantitative estimate of drug-likeness (QED) is 0.820. The number of nitrogens with one attached hydrogen (secondary N) is 1. The van der Waals surface area contributed by atoms with E-state index >= 15 is 0 Å². The van der Waals surface area contributed by atoms with E-state index in [0.29, 0.717) is 18.0 Å². The summed E-state index contributed by atoms with van der Waals surface area (Å²) in [6.45, 7) is 7.84. The molecular weight excluding hydrogens is 274 g/mol. The molecular formula is C14H25N3O2S.